The minimum atomic E-state index is -0.896. The number of nitrogen functional groups attached to an aromatic ring is 1. The average Bonchev–Trinajstić information content (AvgIpc) is 3.38. The van der Waals surface area contributed by atoms with Crippen LogP contribution in [0.4, 0.5) is 0 Å². The molecule has 2 aromatic carbocycles. The number of carboxylic acids is 1. The Labute approximate surface area is 226 Å². The van der Waals surface area contributed by atoms with Crippen LogP contribution in [0.3, 0.4) is 0 Å². The molecule has 0 aromatic heterocycles. The number of amidine groups is 1. The number of nitrogens with one attached hydrogen (secondary N) is 2. The number of hydrogen-bond acceptors (Lipinski definition) is 7. The quantitative estimate of drug-likeness (QED) is 0.234. The molecule has 0 spiro atoms. The molecule has 1 saturated heterocycles. The predicted octanol–water partition coefficient (Wildman–Crippen LogP) is 2.12. The Hall–Kier alpha value is -3.83. The molecule has 0 bridgehead atoms. The number of carboxylic acid groups (broad SMARTS) is 1. The first kappa shape index (κ1) is 30.4. The van der Waals surface area contributed by atoms with Crippen LogP contribution in [-0.2, 0) is 20.9 Å². The van der Waals surface area contributed by atoms with Crippen molar-refractivity contribution in [3.05, 3.63) is 58.1 Å². The van der Waals surface area contributed by atoms with E-state index in [0.29, 0.717) is 52.6 Å². The SMILES string of the molecule is CC(=O)O.COc1ccc(OC)c(C(CO)C(=O)N2CCC[C@H]2C(=O)NCc2ccc(C(=N)N)cc2Cl)c1. The highest BCUT2D eigenvalue weighted by Gasteiger charge is 2.38. The van der Waals surface area contributed by atoms with E-state index in [1.807, 2.05) is 0 Å². The Bertz CT molecular complexity index is 1170. The molecule has 1 aliphatic rings. The Morgan fingerprint density at radius 3 is 2.45 bits per heavy atom. The molecule has 1 unspecified atom stereocenters. The molecule has 206 valence electrons. The molecule has 11 nitrogen and oxygen atoms in total. The van der Waals surface area contributed by atoms with Gasteiger partial charge in [0.05, 0.1) is 26.7 Å². The van der Waals surface area contributed by atoms with E-state index in [0.717, 1.165) is 6.92 Å². The number of aliphatic hydroxyl groups is 1. The number of halogens is 1. The van der Waals surface area contributed by atoms with E-state index in [2.05, 4.69) is 5.32 Å². The summed E-state index contributed by atoms with van der Waals surface area (Å²) in [6.07, 6.45) is 1.19. The third-order valence-corrected chi connectivity index (χ3v) is 6.30. The molecule has 0 radical (unpaired) electrons. The van der Waals surface area contributed by atoms with Crippen molar-refractivity contribution >= 4 is 35.2 Å². The summed E-state index contributed by atoms with van der Waals surface area (Å²) in [5, 5.41) is 28.2. The van der Waals surface area contributed by atoms with Crippen molar-refractivity contribution in [1.82, 2.24) is 10.2 Å². The number of nitrogens with two attached hydrogens (primary N) is 1. The summed E-state index contributed by atoms with van der Waals surface area (Å²) in [4.78, 5) is 36.9. The van der Waals surface area contributed by atoms with Gasteiger partial charge in [-0.15, -0.1) is 0 Å². The van der Waals surface area contributed by atoms with Gasteiger partial charge in [-0.25, -0.2) is 0 Å². The molecule has 0 aliphatic carbocycles. The fraction of sp³-hybridized carbons (Fsp3) is 0.385. The first-order chi connectivity index (χ1) is 18.0. The molecule has 1 aliphatic heterocycles. The molecule has 38 heavy (non-hydrogen) atoms. The van der Waals surface area contributed by atoms with Crippen LogP contribution in [0.2, 0.25) is 5.02 Å². The van der Waals surface area contributed by atoms with Crippen molar-refractivity contribution in [3.8, 4) is 11.5 Å². The number of methoxy groups -OCH3 is 2. The number of nitrogens with zero attached hydrogens (tertiary/aromatic N) is 1. The Morgan fingerprint density at radius 1 is 1.21 bits per heavy atom. The van der Waals surface area contributed by atoms with Crippen molar-refractivity contribution in [2.45, 2.75) is 38.3 Å². The largest absolute Gasteiger partial charge is 0.497 e. The van der Waals surface area contributed by atoms with Gasteiger partial charge in [0, 0.05) is 36.2 Å². The summed E-state index contributed by atoms with van der Waals surface area (Å²) >= 11 is 6.26. The summed E-state index contributed by atoms with van der Waals surface area (Å²) in [7, 11) is 3.01. The number of aliphatic carboxylic acids is 1. The first-order valence-corrected chi connectivity index (χ1v) is 12.1. The van der Waals surface area contributed by atoms with Gasteiger partial charge in [0.1, 0.15) is 23.4 Å². The van der Waals surface area contributed by atoms with Gasteiger partial charge in [-0.2, -0.15) is 0 Å². The maximum Gasteiger partial charge on any atom is 0.300 e. The molecule has 1 fully saturated rings. The third kappa shape index (κ3) is 7.83. The van der Waals surface area contributed by atoms with E-state index in [9.17, 15) is 14.7 Å². The number of carbonyl (C=O) groups is 3. The fourth-order valence-electron chi connectivity index (χ4n) is 4.08. The number of ether oxygens (including phenoxy) is 2. The van der Waals surface area contributed by atoms with Crippen molar-refractivity contribution in [2.75, 3.05) is 27.4 Å². The van der Waals surface area contributed by atoms with Gasteiger partial charge < -0.3 is 35.6 Å². The van der Waals surface area contributed by atoms with Crippen molar-refractivity contribution in [3.63, 3.8) is 0 Å². The maximum absolute atomic E-state index is 13.4. The number of benzene rings is 2. The number of rotatable bonds is 9. The number of hydrogen-bond donors (Lipinski definition) is 5. The highest BCUT2D eigenvalue weighted by Crippen LogP contribution is 2.33. The summed E-state index contributed by atoms with van der Waals surface area (Å²) in [5.74, 6) is -1.49. The minimum absolute atomic E-state index is 0.0938. The average molecular weight is 549 g/mol. The monoisotopic (exact) mass is 548 g/mol. The van der Waals surface area contributed by atoms with Gasteiger partial charge in [0.15, 0.2) is 0 Å². The summed E-state index contributed by atoms with van der Waals surface area (Å²) in [6.45, 7) is 1.22. The number of likely N-dealkylation sites (tertiary alicyclic amines) is 1. The third-order valence-electron chi connectivity index (χ3n) is 5.95. The zero-order valence-electron chi connectivity index (χ0n) is 21.5. The molecule has 2 amide bonds. The molecule has 2 atom stereocenters. The molecule has 2 aromatic rings. The summed E-state index contributed by atoms with van der Waals surface area (Å²) < 4.78 is 10.6. The summed E-state index contributed by atoms with van der Waals surface area (Å²) in [5.41, 5.74) is 7.14. The van der Waals surface area contributed by atoms with E-state index >= 15 is 0 Å². The molecule has 6 N–H and O–H groups in total. The van der Waals surface area contributed by atoms with E-state index in [1.54, 1.807) is 36.4 Å². The standard InChI is InChI=1S/C24H29ClN4O5.C2H4O2/c1-33-16-7-8-21(34-2)17(11-16)18(13-30)24(32)29-9-3-4-20(29)23(31)28-12-15-6-5-14(22(26)27)10-19(15)25;1-2(3)4/h5-8,10-11,18,20,30H,3-4,9,12-13H2,1-2H3,(H3,26,27)(H,28,31);1H3,(H,3,4)/t18?,20-;/m0./s1. The molecule has 0 saturated carbocycles. The minimum Gasteiger partial charge on any atom is -0.497 e. The molecular formula is C26H33ClN4O7. The van der Waals surface area contributed by atoms with E-state index in [4.69, 9.17) is 42.1 Å². The topological polar surface area (TPSA) is 175 Å². The van der Waals surface area contributed by atoms with Crippen LogP contribution in [0.15, 0.2) is 36.4 Å². The summed E-state index contributed by atoms with van der Waals surface area (Å²) in [6, 6.07) is 9.33. The van der Waals surface area contributed by atoms with Crippen molar-refractivity contribution < 1.29 is 34.1 Å². The second kappa shape index (κ2) is 14.2. The lowest BCUT2D eigenvalue weighted by Crippen LogP contribution is -2.47. The maximum atomic E-state index is 13.4. The second-order valence-corrected chi connectivity index (χ2v) is 8.90. The number of aliphatic hydroxyl groups excluding tert-OH is 1. The lowest BCUT2D eigenvalue weighted by atomic mass is 9.96. The van der Waals surface area contributed by atoms with Gasteiger partial charge in [-0.05, 0) is 42.7 Å². The van der Waals surface area contributed by atoms with Crippen LogP contribution in [0, 0.1) is 5.41 Å². The fourth-order valence-corrected chi connectivity index (χ4v) is 4.33. The van der Waals surface area contributed by atoms with Gasteiger partial charge in [0.25, 0.3) is 5.97 Å². The van der Waals surface area contributed by atoms with Gasteiger partial charge in [-0.3, -0.25) is 19.8 Å². The smallest absolute Gasteiger partial charge is 0.300 e. The Kier molecular flexibility index (Phi) is 11.4. The Balaban J connectivity index is 0.00000118. The zero-order chi connectivity index (χ0) is 28.4. The van der Waals surface area contributed by atoms with E-state index < -0.39 is 24.5 Å². The van der Waals surface area contributed by atoms with Crippen LogP contribution in [0.1, 0.15) is 42.4 Å². The zero-order valence-corrected chi connectivity index (χ0v) is 22.2. The first-order valence-electron chi connectivity index (χ1n) is 11.8. The van der Waals surface area contributed by atoms with E-state index in [1.165, 1.54) is 19.1 Å². The van der Waals surface area contributed by atoms with Crippen LogP contribution in [0.5, 0.6) is 11.5 Å². The predicted molar refractivity (Wildman–Crippen MR) is 142 cm³/mol. The number of carbonyl (C=O) groups excluding carboxylic acids is 2. The van der Waals surface area contributed by atoms with Crippen molar-refractivity contribution in [1.29, 1.82) is 5.41 Å². The van der Waals surface area contributed by atoms with Crippen LogP contribution in [-0.4, -0.2) is 72.1 Å². The lowest BCUT2D eigenvalue weighted by molar-refractivity contribution is -0.140. The van der Waals surface area contributed by atoms with Crippen LogP contribution in [0.25, 0.3) is 0 Å². The molecule has 1 heterocycles. The Morgan fingerprint density at radius 2 is 1.89 bits per heavy atom. The lowest BCUT2D eigenvalue weighted by Gasteiger charge is -2.28. The molecular weight excluding hydrogens is 516 g/mol. The second-order valence-electron chi connectivity index (χ2n) is 8.49. The van der Waals surface area contributed by atoms with Gasteiger partial charge in [0.2, 0.25) is 11.8 Å². The van der Waals surface area contributed by atoms with Gasteiger partial charge in [-0.1, -0.05) is 23.7 Å². The molecule has 3 rings (SSSR count). The number of amides is 2. The van der Waals surface area contributed by atoms with Gasteiger partial charge >= 0.3 is 0 Å². The highest BCUT2D eigenvalue weighted by atomic mass is 35.5. The van der Waals surface area contributed by atoms with Crippen molar-refractivity contribution in [2.24, 2.45) is 5.73 Å². The van der Waals surface area contributed by atoms with E-state index in [-0.39, 0.29) is 24.2 Å². The van der Waals surface area contributed by atoms with Crippen LogP contribution < -0.4 is 20.5 Å². The highest BCUT2D eigenvalue weighted by molar-refractivity contribution is 6.31. The molecule has 12 heteroatoms. The van der Waals surface area contributed by atoms with Crippen LogP contribution >= 0.6 is 11.6 Å². The normalized spacial score (nSPS) is 15.1.